The first-order chi connectivity index (χ1) is 22.1. The van der Waals surface area contributed by atoms with Crippen LogP contribution in [0.1, 0.15) is 52.1 Å². The Balaban J connectivity index is 3.07. The molecule has 1 rings (SSSR count). The van der Waals surface area contributed by atoms with Crippen molar-refractivity contribution in [2.45, 2.75) is 89.1 Å². The van der Waals surface area contributed by atoms with Crippen molar-refractivity contribution in [2.75, 3.05) is 18.6 Å². The van der Waals surface area contributed by atoms with Crippen LogP contribution in [0, 0.1) is 5.92 Å². The van der Waals surface area contributed by atoms with Crippen molar-refractivity contribution in [3.63, 3.8) is 0 Å². The topological polar surface area (TPSA) is 295 Å². The Morgan fingerprint density at radius 3 is 1.98 bits per heavy atom. The Morgan fingerprint density at radius 1 is 0.872 bits per heavy atom. The average molecular weight is 687 g/mol. The summed E-state index contributed by atoms with van der Waals surface area (Å²) >= 11 is 1.39. The zero-order valence-corrected chi connectivity index (χ0v) is 27.6. The summed E-state index contributed by atoms with van der Waals surface area (Å²) in [5.74, 6) is -6.66. The number of carboxylic acids is 2. The lowest BCUT2D eigenvalue weighted by atomic mass is 9.98. The fraction of sp³-hybridized carbons (Fsp3) is 0.643. The average Bonchev–Trinajstić information content (AvgIpc) is 3.54. The SMILES string of the molecule is CC[C@H](C)[C@H](NC(=O)[C@H](CCC(=O)O)NC(=O)[C@H](C)NC(=O)[C@H](CCSC)NC(=O)[C@H](Cc1cnc[nH]1)NC(=O)[C@@H](N)CO)C(=O)O. The second-order valence-electron chi connectivity index (χ2n) is 10.9. The van der Waals surface area contributed by atoms with Crippen LogP contribution in [0.25, 0.3) is 0 Å². The third-order valence-electron chi connectivity index (χ3n) is 7.20. The lowest BCUT2D eigenvalue weighted by molar-refractivity contribution is -0.144. The van der Waals surface area contributed by atoms with Crippen LogP contribution < -0.4 is 32.3 Å². The molecule has 0 aliphatic heterocycles. The number of carbonyl (C=O) groups is 7. The number of amides is 5. The Bertz CT molecular complexity index is 1220. The van der Waals surface area contributed by atoms with Crippen molar-refractivity contribution in [3.05, 3.63) is 18.2 Å². The molecule has 0 bridgehead atoms. The van der Waals surface area contributed by atoms with Gasteiger partial charge in [0.15, 0.2) is 0 Å². The highest BCUT2D eigenvalue weighted by Gasteiger charge is 2.33. The molecule has 1 aromatic rings. The number of aliphatic hydroxyl groups is 1. The number of aliphatic carboxylic acids is 2. The van der Waals surface area contributed by atoms with E-state index in [0.717, 1.165) is 0 Å². The number of nitrogens with one attached hydrogen (secondary N) is 6. The van der Waals surface area contributed by atoms with Crippen LogP contribution in [0.4, 0.5) is 0 Å². The van der Waals surface area contributed by atoms with Gasteiger partial charge in [-0.05, 0) is 37.7 Å². The maximum Gasteiger partial charge on any atom is 0.326 e. The molecule has 7 atom stereocenters. The fourth-order valence-electron chi connectivity index (χ4n) is 4.11. The van der Waals surface area contributed by atoms with Gasteiger partial charge in [0.2, 0.25) is 29.5 Å². The van der Waals surface area contributed by atoms with Gasteiger partial charge in [-0.1, -0.05) is 20.3 Å². The minimum Gasteiger partial charge on any atom is -0.481 e. The molecule has 0 saturated heterocycles. The van der Waals surface area contributed by atoms with Gasteiger partial charge in [-0.2, -0.15) is 11.8 Å². The molecular formula is C28H46N8O10S. The zero-order chi connectivity index (χ0) is 35.7. The highest BCUT2D eigenvalue weighted by atomic mass is 32.2. The van der Waals surface area contributed by atoms with E-state index >= 15 is 0 Å². The molecule has 0 unspecified atom stereocenters. The second-order valence-corrected chi connectivity index (χ2v) is 11.9. The molecule has 0 aliphatic carbocycles. The Hall–Kier alpha value is -4.23. The molecule has 0 radical (unpaired) electrons. The van der Waals surface area contributed by atoms with Crippen molar-refractivity contribution >= 4 is 53.2 Å². The molecule has 0 aromatic carbocycles. The van der Waals surface area contributed by atoms with Crippen molar-refractivity contribution in [1.82, 2.24) is 36.6 Å². The first-order valence-corrected chi connectivity index (χ1v) is 16.3. The minimum absolute atomic E-state index is 0.0506. The molecule has 0 spiro atoms. The number of H-pyrrole nitrogens is 1. The lowest BCUT2D eigenvalue weighted by Gasteiger charge is -2.26. The van der Waals surface area contributed by atoms with Gasteiger partial charge >= 0.3 is 11.9 Å². The third kappa shape index (κ3) is 14.4. The van der Waals surface area contributed by atoms with E-state index in [0.29, 0.717) is 17.9 Å². The van der Waals surface area contributed by atoms with Gasteiger partial charge in [0.25, 0.3) is 0 Å². The standard InChI is InChI=1S/C28H46N8O10S/c1-5-14(2)22(28(45)46)36-26(43)18(6-7-21(38)39)33-23(40)15(3)32-25(42)19(8-9-47-4)34-27(44)20(10-16-11-30-13-31-16)35-24(41)17(29)12-37/h11,13-15,17-20,22,37H,5-10,12,29H2,1-4H3,(H,30,31)(H,32,42)(H,33,40)(H,34,44)(H,35,41)(H,36,43)(H,38,39)(H,45,46)/t14-,15-,17-,18-,19-,20-,22-/m0/s1. The number of thioether (sulfide) groups is 1. The zero-order valence-electron chi connectivity index (χ0n) is 26.8. The summed E-state index contributed by atoms with van der Waals surface area (Å²) in [7, 11) is 0. The summed E-state index contributed by atoms with van der Waals surface area (Å²) in [6, 6.07) is -7.66. The van der Waals surface area contributed by atoms with Crippen molar-refractivity contribution in [1.29, 1.82) is 0 Å². The molecule has 5 amide bonds. The summed E-state index contributed by atoms with van der Waals surface area (Å²) in [5.41, 5.74) is 6.07. The molecule has 0 aliphatic rings. The van der Waals surface area contributed by atoms with Crippen molar-refractivity contribution in [2.24, 2.45) is 11.7 Å². The Morgan fingerprint density at radius 2 is 1.45 bits per heavy atom. The highest BCUT2D eigenvalue weighted by molar-refractivity contribution is 7.98. The monoisotopic (exact) mass is 686 g/mol. The minimum atomic E-state index is -1.42. The van der Waals surface area contributed by atoms with E-state index in [2.05, 4.69) is 36.6 Å². The number of rotatable bonds is 22. The predicted octanol–water partition coefficient (Wildman–Crippen LogP) is -2.54. The van der Waals surface area contributed by atoms with Gasteiger partial charge in [0, 0.05) is 24.7 Å². The summed E-state index contributed by atoms with van der Waals surface area (Å²) < 4.78 is 0. The van der Waals surface area contributed by atoms with Crippen LogP contribution in [-0.4, -0.2) is 122 Å². The summed E-state index contributed by atoms with van der Waals surface area (Å²) in [6.45, 7) is 3.99. The van der Waals surface area contributed by atoms with Gasteiger partial charge in [-0.3, -0.25) is 28.8 Å². The molecule has 11 N–H and O–H groups in total. The molecule has 19 heteroatoms. The normalized spacial score (nSPS) is 15.4. The van der Waals surface area contributed by atoms with Crippen LogP contribution in [-0.2, 0) is 40.0 Å². The van der Waals surface area contributed by atoms with E-state index in [1.807, 2.05) is 0 Å². The second kappa shape index (κ2) is 20.8. The molecule has 0 fully saturated rings. The number of aliphatic hydroxyl groups excluding tert-OH is 1. The predicted molar refractivity (Wildman–Crippen MR) is 170 cm³/mol. The van der Waals surface area contributed by atoms with E-state index in [4.69, 9.17) is 10.8 Å². The Labute approximate surface area is 276 Å². The molecule has 1 heterocycles. The van der Waals surface area contributed by atoms with Gasteiger partial charge in [-0.15, -0.1) is 0 Å². The summed E-state index contributed by atoms with van der Waals surface area (Å²) in [6.07, 6.45) is 4.23. The number of carbonyl (C=O) groups excluding carboxylic acids is 5. The van der Waals surface area contributed by atoms with Crippen LogP contribution in [0.2, 0.25) is 0 Å². The largest absolute Gasteiger partial charge is 0.481 e. The van der Waals surface area contributed by atoms with E-state index in [1.54, 1.807) is 20.1 Å². The van der Waals surface area contributed by atoms with Gasteiger partial charge in [0.1, 0.15) is 36.3 Å². The molecule has 1 aromatic heterocycles. The molecule has 0 saturated carbocycles. The van der Waals surface area contributed by atoms with E-state index in [9.17, 15) is 43.8 Å². The number of carboxylic acid groups (broad SMARTS) is 2. The van der Waals surface area contributed by atoms with Crippen LogP contribution in [0.5, 0.6) is 0 Å². The van der Waals surface area contributed by atoms with Gasteiger partial charge in [-0.25, -0.2) is 9.78 Å². The number of aromatic amines is 1. The quantitative estimate of drug-likeness (QED) is 0.0602. The molecule has 47 heavy (non-hydrogen) atoms. The number of nitrogens with two attached hydrogens (primary N) is 1. The summed E-state index contributed by atoms with van der Waals surface area (Å²) in [4.78, 5) is 94.5. The van der Waals surface area contributed by atoms with E-state index < -0.39 is 96.7 Å². The number of imidazole rings is 1. The molecular weight excluding hydrogens is 640 g/mol. The number of hydrogen-bond acceptors (Lipinski definition) is 11. The van der Waals surface area contributed by atoms with E-state index in [-0.39, 0.29) is 19.3 Å². The van der Waals surface area contributed by atoms with Gasteiger partial charge in [0.05, 0.1) is 12.9 Å². The first kappa shape index (κ1) is 40.8. The first-order valence-electron chi connectivity index (χ1n) is 14.9. The highest BCUT2D eigenvalue weighted by Crippen LogP contribution is 2.10. The smallest absolute Gasteiger partial charge is 0.326 e. The number of hydrogen-bond donors (Lipinski definition) is 10. The maximum absolute atomic E-state index is 13.3. The maximum atomic E-state index is 13.3. The van der Waals surface area contributed by atoms with Gasteiger partial charge < -0.3 is 52.6 Å². The fourth-order valence-corrected chi connectivity index (χ4v) is 4.59. The van der Waals surface area contributed by atoms with Crippen LogP contribution in [0.3, 0.4) is 0 Å². The molecule has 18 nitrogen and oxygen atoms in total. The Kier molecular flexibility index (Phi) is 18.1. The van der Waals surface area contributed by atoms with Crippen molar-refractivity contribution in [3.8, 4) is 0 Å². The molecule has 264 valence electrons. The van der Waals surface area contributed by atoms with E-state index in [1.165, 1.54) is 31.2 Å². The lowest BCUT2D eigenvalue weighted by Crippen LogP contribution is -2.59. The summed E-state index contributed by atoms with van der Waals surface area (Å²) in [5, 5.41) is 40.1. The number of aromatic nitrogens is 2. The third-order valence-corrected chi connectivity index (χ3v) is 7.84. The van der Waals surface area contributed by atoms with Crippen LogP contribution >= 0.6 is 11.8 Å². The van der Waals surface area contributed by atoms with Crippen molar-refractivity contribution < 1.29 is 48.9 Å². The van der Waals surface area contributed by atoms with Crippen LogP contribution in [0.15, 0.2) is 12.5 Å². The number of nitrogens with zero attached hydrogens (tertiary/aromatic N) is 1.